The van der Waals surface area contributed by atoms with Crippen molar-refractivity contribution in [3.63, 3.8) is 0 Å². The molecule has 2 N–H and O–H groups in total. The van der Waals surface area contributed by atoms with Gasteiger partial charge in [-0.3, -0.25) is 4.79 Å². The quantitative estimate of drug-likeness (QED) is 0.782. The summed E-state index contributed by atoms with van der Waals surface area (Å²) in [5.41, 5.74) is 4.71. The number of piperidine rings is 1. The Labute approximate surface area is 125 Å². The second-order valence-electron chi connectivity index (χ2n) is 7.20. The Balaban J connectivity index is 1.96. The zero-order valence-corrected chi connectivity index (χ0v) is 13.4. The number of rotatable bonds is 2. The number of carbonyl (C=O) groups excluding carboxylic acids is 2. The van der Waals surface area contributed by atoms with E-state index in [-0.39, 0.29) is 17.5 Å². The van der Waals surface area contributed by atoms with Crippen molar-refractivity contribution in [3.8, 4) is 0 Å². The highest BCUT2D eigenvalue weighted by atomic mass is 16.6. The minimum Gasteiger partial charge on any atom is -0.469 e. The van der Waals surface area contributed by atoms with Gasteiger partial charge in [-0.1, -0.05) is 0 Å². The number of hydrogen-bond donors (Lipinski definition) is 1. The second kappa shape index (κ2) is 5.16. The van der Waals surface area contributed by atoms with E-state index in [0.717, 1.165) is 19.3 Å². The number of amides is 1. The van der Waals surface area contributed by atoms with Crippen LogP contribution in [0.3, 0.4) is 0 Å². The lowest BCUT2D eigenvalue weighted by Gasteiger charge is -2.35. The Morgan fingerprint density at radius 3 is 2.24 bits per heavy atom. The molecule has 1 aliphatic carbocycles. The first-order chi connectivity index (χ1) is 9.70. The van der Waals surface area contributed by atoms with Gasteiger partial charge >= 0.3 is 12.1 Å². The lowest BCUT2D eigenvalue weighted by atomic mass is 9.84. The molecule has 2 rings (SSSR count). The molecule has 1 aliphatic heterocycles. The molecule has 0 aromatic rings. The van der Waals surface area contributed by atoms with Gasteiger partial charge in [-0.25, -0.2) is 4.79 Å². The maximum absolute atomic E-state index is 12.1. The topological polar surface area (TPSA) is 81.9 Å². The van der Waals surface area contributed by atoms with Crippen molar-refractivity contribution in [1.82, 2.24) is 4.90 Å². The summed E-state index contributed by atoms with van der Waals surface area (Å²) in [5, 5.41) is 0. The number of esters is 1. The van der Waals surface area contributed by atoms with Crippen molar-refractivity contribution in [3.05, 3.63) is 0 Å². The van der Waals surface area contributed by atoms with Gasteiger partial charge in [-0.15, -0.1) is 0 Å². The van der Waals surface area contributed by atoms with E-state index in [1.165, 1.54) is 7.11 Å². The minimum absolute atomic E-state index is 0.0899. The highest BCUT2D eigenvalue weighted by Crippen LogP contribution is 2.69. The molecular formula is C15H26N2O4. The summed E-state index contributed by atoms with van der Waals surface area (Å²) in [6.07, 6.45) is 2.04. The van der Waals surface area contributed by atoms with E-state index in [9.17, 15) is 9.59 Å². The lowest BCUT2D eigenvalue weighted by molar-refractivity contribution is -0.148. The summed E-state index contributed by atoms with van der Waals surface area (Å²) >= 11 is 0. The van der Waals surface area contributed by atoms with Crippen LogP contribution in [0.4, 0.5) is 4.79 Å². The number of likely N-dealkylation sites (tertiary alicyclic amines) is 1. The monoisotopic (exact) mass is 298 g/mol. The SMILES string of the molecule is COC(=O)[C@]1(CN)CC12CCN(C(=O)OC(C)(C)C)CC2. The number of nitrogens with two attached hydrogens (primary N) is 1. The number of nitrogens with zero attached hydrogens (tertiary/aromatic N) is 1. The van der Waals surface area contributed by atoms with E-state index in [2.05, 4.69) is 0 Å². The van der Waals surface area contributed by atoms with Gasteiger partial charge in [-0.05, 0) is 45.4 Å². The molecule has 2 fully saturated rings. The largest absolute Gasteiger partial charge is 0.469 e. The number of ether oxygens (including phenoxy) is 2. The molecule has 1 atom stereocenters. The van der Waals surface area contributed by atoms with Gasteiger partial charge in [0.15, 0.2) is 0 Å². The summed E-state index contributed by atoms with van der Waals surface area (Å²) in [5.74, 6) is -0.212. The van der Waals surface area contributed by atoms with Crippen LogP contribution < -0.4 is 5.73 Å². The summed E-state index contributed by atoms with van der Waals surface area (Å²) in [6, 6.07) is 0. The summed E-state index contributed by atoms with van der Waals surface area (Å²) < 4.78 is 10.3. The predicted molar refractivity (Wildman–Crippen MR) is 77.6 cm³/mol. The zero-order chi connectivity index (χ0) is 15.9. The second-order valence-corrected chi connectivity index (χ2v) is 7.20. The predicted octanol–water partition coefficient (Wildman–Crippen LogP) is 1.53. The van der Waals surface area contributed by atoms with Crippen molar-refractivity contribution in [2.45, 2.75) is 45.6 Å². The van der Waals surface area contributed by atoms with Crippen LogP contribution in [0.15, 0.2) is 0 Å². The summed E-state index contributed by atoms with van der Waals surface area (Å²) in [7, 11) is 1.40. The fourth-order valence-electron chi connectivity index (χ4n) is 3.49. The van der Waals surface area contributed by atoms with E-state index in [4.69, 9.17) is 15.2 Å². The summed E-state index contributed by atoms with van der Waals surface area (Å²) in [4.78, 5) is 25.8. The van der Waals surface area contributed by atoms with E-state index in [1.54, 1.807) is 4.90 Å². The first kappa shape index (κ1) is 16.1. The van der Waals surface area contributed by atoms with Crippen molar-refractivity contribution in [2.24, 2.45) is 16.6 Å². The van der Waals surface area contributed by atoms with Crippen molar-refractivity contribution >= 4 is 12.1 Å². The molecule has 0 radical (unpaired) electrons. The molecule has 1 spiro atoms. The maximum Gasteiger partial charge on any atom is 0.410 e. The van der Waals surface area contributed by atoms with Crippen molar-refractivity contribution in [1.29, 1.82) is 0 Å². The fraction of sp³-hybridized carbons (Fsp3) is 0.867. The Hall–Kier alpha value is -1.30. The van der Waals surface area contributed by atoms with Gasteiger partial charge in [0.05, 0.1) is 12.5 Å². The number of hydrogen-bond acceptors (Lipinski definition) is 5. The van der Waals surface area contributed by atoms with Crippen LogP contribution in [0.25, 0.3) is 0 Å². The molecule has 6 nitrogen and oxygen atoms in total. The Bertz CT molecular complexity index is 435. The first-order valence-corrected chi connectivity index (χ1v) is 7.46. The molecule has 6 heteroatoms. The maximum atomic E-state index is 12.1. The Morgan fingerprint density at radius 2 is 1.81 bits per heavy atom. The van der Waals surface area contributed by atoms with Gasteiger partial charge in [0.25, 0.3) is 0 Å². The Kier molecular flexibility index (Phi) is 3.95. The van der Waals surface area contributed by atoms with Crippen molar-refractivity contribution in [2.75, 3.05) is 26.7 Å². The van der Waals surface area contributed by atoms with Gasteiger partial charge in [-0.2, -0.15) is 0 Å². The van der Waals surface area contributed by atoms with Crippen LogP contribution in [0, 0.1) is 10.8 Å². The molecule has 0 aromatic heterocycles. The van der Waals surface area contributed by atoms with Crippen LogP contribution in [0.2, 0.25) is 0 Å². The molecule has 1 saturated heterocycles. The van der Waals surface area contributed by atoms with E-state index < -0.39 is 11.0 Å². The molecule has 120 valence electrons. The molecule has 0 unspecified atom stereocenters. The average Bonchev–Trinajstić information content (AvgIpc) is 3.05. The first-order valence-electron chi connectivity index (χ1n) is 7.46. The number of carbonyl (C=O) groups is 2. The highest BCUT2D eigenvalue weighted by molar-refractivity contribution is 5.82. The highest BCUT2D eigenvalue weighted by Gasteiger charge is 2.71. The molecule has 21 heavy (non-hydrogen) atoms. The average molecular weight is 298 g/mol. The smallest absolute Gasteiger partial charge is 0.410 e. The van der Waals surface area contributed by atoms with Gasteiger partial charge < -0.3 is 20.1 Å². The lowest BCUT2D eigenvalue weighted by Crippen LogP contribution is -2.45. The number of methoxy groups -OCH3 is 1. The third-order valence-electron chi connectivity index (χ3n) is 4.83. The molecule has 1 heterocycles. The molecule has 0 aromatic carbocycles. The van der Waals surface area contributed by atoms with Crippen molar-refractivity contribution < 1.29 is 19.1 Å². The minimum atomic E-state index is -0.540. The normalized spacial score (nSPS) is 27.4. The van der Waals surface area contributed by atoms with Crippen LogP contribution in [-0.2, 0) is 14.3 Å². The molecule has 1 saturated carbocycles. The van der Waals surface area contributed by atoms with Gasteiger partial charge in [0.1, 0.15) is 5.60 Å². The van der Waals surface area contributed by atoms with Crippen LogP contribution in [-0.4, -0.2) is 49.3 Å². The third-order valence-corrected chi connectivity index (χ3v) is 4.83. The van der Waals surface area contributed by atoms with E-state index in [1.807, 2.05) is 20.8 Å². The third kappa shape index (κ3) is 2.73. The summed E-state index contributed by atoms with van der Waals surface area (Å²) in [6.45, 7) is 7.09. The zero-order valence-electron chi connectivity index (χ0n) is 13.4. The molecule has 0 bridgehead atoms. The van der Waals surface area contributed by atoms with Gasteiger partial charge in [0, 0.05) is 19.6 Å². The Morgan fingerprint density at radius 1 is 1.24 bits per heavy atom. The standard InChI is InChI=1S/C15H26N2O4/c1-13(2,3)21-12(19)17-7-5-14(6-8-17)9-15(14,10-16)11(18)20-4/h5-10,16H2,1-4H3/t15-/m1/s1. The molecule has 1 amide bonds. The van der Waals surface area contributed by atoms with Crippen LogP contribution >= 0.6 is 0 Å². The van der Waals surface area contributed by atoms with Gasteiger partial charge in [0.2, 0.25) is 0 Å². The van der Waals surface area contributed by atoms with E-state index >= 15 is 0 Å². The van der Waals surface area contributed by atoms with Crippen LogP contribution in [0.5, 0.6) is 0 Å². The van der Waals surface area contributed by atoms with Crippen LogP contribution in [0.1, 0.15) is 40.0 Å². The molecule has 2 aliphatic rings. The molecular weight excluding hydrogens is 272 g/mol. The fourth-order valence-corrected chi connectivity index (χ4v) is 3.49. The van der Waals surface area contributed by atoms with E-state index in [0.29, 0.717) is 19.6 Å².